The monoisotopic (exact) mass is 611 g/mol. The van der Waals surface area contributed by atoms with E-state index in [9.17, 15) is 0 Å². The largest absolute Gasteiger partial charge is 0.458 e. The SMILES string of the molecule is Cc1c(-c2ccccc2)c2cc(-c3ccccc3)cc3c2n1-c1cc(-c2ccccc2)cc2c1B3c1cc(-c3ccccc3)ccc1O2. The minimum absolute atomic E-state index is 0.00354. The lowest BCUT2D eigenvalue weighted by molar-refractivity contribution is 0.487. The highest BCUT2D eigenvalue weighted by molar-refractivity contribution is 6.99. The van der Waals surface area contributed by atoms with Gasteiger partial charge in [-0.3, -0.25) is 0 Å². The van der Waals surface area contributed by atoms with Crippen molar-refractivity contribution in [2.24, 2.45) is 0 Å². The second kappa shape index (κ2) is 10.5. The van der Waals surface area contributed by atoms with E-state index in [0.29, 0.717) is 0 Å². The van der Waals surface area contributed by atoms with E-state index >= 15 is 0 Å². The third kappa shape index (κ3) is 4.01. The van der Waals surface area contributed by atoms with Gasteiger partial charge < -0.3 is 9.30 Å². The summed E-state index contributed by atoms with van der Waals surface area (Å²) in [6.45, 7) is 2.28. The summed E-state index contributed by atoms with van der Waals surface area (Å²) in [6.07, 6.45) is 0. The molecule has 48 heavy (non-hydrogen) atoms. The normalized spacial score (nSPS) is 12.4. The lowest BCUT2D eigenvalue weighted by atomic mass is 9.34. The van der Waals surface area contributed by atoms with E-state index in [-0.39, 0.29) is 6.71 Å². The molecule has 224 valence electrons. The van der Waals surface area contributed by atoms with Crippen LogP contribution in [0.1, 0.15) is 5.69 Å². The van der Waals surface area contributed by atoms with Crippen molar-refractivity contribution in [1.29, 1.82) is 0 Å². The van der Waals surface area contributed by atoms with Gasteiger partial charge in [-0.15, -0.1) is 0 Å². The van der Waals surface area contributed by atoms with Crippen LogP contribution in [0.3, 0.4) is 0 Å². The van der Waals surface area contributed by atoms with Crippen LogP contribution >= 0.6 is 0 Å². The predicted molar refractivity (Wildman–Crippen MR) is 201 cm³/mol. The lowest BCUT2D eigenvalue weighted by Crippen LogP contribution is -2.58. The van der Waals surface area contributed by atoms with Gasteiger partial charge in [0.1, 0.15) is 11.5 Å². The Balaban J connectivity index is 1.35. The zero-order chi connectivity index (χ0) is 31.8. The molecule has 0 atom stereocenters. The Morgan fingerprint density at radius 1 is 0.458 bits per heavy atom. The van der Waals surface area contributed by atoms with Gasteiger partial charge in [-0.1, -0.05) is 140 Å². The van der Waals surface area contributed by atoms with E-state index in [1.54, 1.807) is 0 Å². The van der Waals surface area contributed by atoms with Crippen LogP contribution < -0.4 is 21.1 Å². The highest BCUT2D eigenvalue weighted by atomic mass is 16.5. The maximum Gasteiger partial charge on any atom is 0.256 e. The van der Waals surface area contributed by atoms with Crippen molar-refractivity contribution in [3.05, 3.63) is 169 Å². The van der Waals surface area contributed by atoms with Gasteiger partial charge in [0.05, 0.1) is 0 Å². The second-order valence-corrected chi connectivity index (χ2v) is 12.9. The Hall–Kier alpha value is -6.06. The standard InChI is InChI=1S/C45H30BNO/c1-29-43(33-20-12-5-13-21-33)37-24-35(31-16-8-3-9-17-31)26-39-45(37)47(29)40-27-36(32-18-10-4-11-19-32)28-42-44(40)46(39)38-25-34(22-23-41(38)48-42)30-14-6-2-7-15-30/h2-28H,1H3. The molecule has 3 heterocycles. The van der Waals surface area contributed by atoms with Crippen LogP contribution in [0, 0.1) is 6.92 Å². The predicted octanol–water partition coefficient (Wildman–Crippen LogP) is 9.54. The number of hydrogen-bond donors (Lipinski definition) is 0. The number of fused-ring (bicyclic) bond motifs is 4. The van der Waals surface area contributed by atoms with E-state index in [4.69, 9.17) is 4.74 Å². The highest BCUT2D eigenvalue weighted by Crippen LogP contribution is 2.43. The summed E-state index contributed by atoms with van der Waals surface area (Å²) in [6, 6.07) is 59.2. The zero-order valence-electron chi connectivity index (χ0n) is 26.5. The topological polar surface area (TPSA) is 14.2 Å². The second-order valence-electron chi connectivity index (χ2n) is 12.9. The molecule has 0 amide bonds. The third-order valence-corrected chi connectivity index (χ3v) is 10.2. The van der Waals surface area contributed by atoms with Crippen LogP contribution in [-0.2, 0) is 0 Å². The van der Waals surface area contributed by atoms with Crippen LogP contribution in [-0.4, -0.2) is 11.3 Å². The summed E-state index contributed by atoms with van der Waals surface area (Å²) in [7, 11) is 0. The van der Waals surface area contributed by atoms with Crippen LogP contribution in [0.5, 0.6) is 11.5 Å². The molecule has 0 fully saturated rings. The maximum absolute atomic E-state index is 6.92. The molecule has 1 aromatic heterocycles. The van der Waals surface area contributed by atoms with Gasteiger partial charge >= 0.3 is 0 Å². The summed E-state index contributed by atoms with van der Waals surface area (Å²) >= 11 is 0. The number of benzene rings is 7. The quantitative estimate of drug-likeness (QED) is 0.181. The average molecular weight is 612 g/mol. The van der Waals surface area contributed by atoms with Gasteiger partial charge in [0.2, 0.25) is 0 Å². The molecule has 0 N–H and O–H groups in total. The first kappa shape index (κ1) is 27.1. The molecule has 2 nitrogen and oxygen atoms in total. The number of hydrogen-bond acceptors (Lipinski definition) is 1. The minimum atomic E-state index is 0.00354. The van der Waals surface area contributed by atoms with E-state index in [1.807, 2.05) is 0 Å². The molecule has 7 aromatic carbocycles. The molecule has 2 aliphatic rings. The Morgan fingerprint density at radius 3 is 1.62 bits per heavy atom. The Bertz CT molecular complexity index is 2520. The van der Waals surface area contributed by atoms with Crippen molar-refractivity contribution < 1.29 is 4.74 Å². The first-order chi connectivity index (χ1) is 23.7. The maximum atomic E-state index is 6.92. The lowest BCUT2D eigenvalue weighted by Gasteiger charge is -2.34. The van der Waals surface area contributed by atoms with Crippen LogP contribution in [0.25, 0.3) is 61.1 Å². The molecular formula is C45H30BNO. The Labute approximate surface area is 280 Å². The van der Waals surface area contributed by atoms with Crippen LogP contribution in [0.4, 0.5) is 0 Å². The van der Waals surface area contributed by atoms with Crippen molar-refractivity contribution in [3.8, 4) is 61.7 Å². The van der Waals surface area contributed by atoms with Gasteiger partial charge in [-0.05, 0) is 86.5 Å². The van der Waals surface area contributed by atoms with E-state index in [1.165, 1.54) is 77.6 Å². The van der Waals surface area contributed by atoms with Gasteiger partial charge in [0.15, 0.2) is 0 Å². The number of nitrogens with zero attached hydrogens (tertiary/aromatic N) is 1. The molecule has 0 radical (unpaired) electrons. The molecular weight excluding hydrogens is 581 g/mol. The van der Waals surface area contributed by atoms with Crippen LogP contribution in [0.15, 0.2) is 164 Å². The molecule has 0 saturated heterocycles. The van der Waals surface area contributed by atoms with Gasteiger partial charge in [-0.25, -0.2) is 0 Å². The van der Waals surface area contributed by atoms with Gasteiger partial charge in [0.25, 0.3) is 6.71 Å². The fourth-order valence-corrected chi connectivity index (χ4v) is 8.10. The van der Waals surface area contributed by atoms with Gasteiger partial charge in [-0.2, -0.15) is 0 Å². The molecule has 0 unspecified atom stereocenters. The Kier molecular flexibility index (Phi) is 5.92. The summed E-state index contributed by atoms with van der Waals surface area (Å²) < 4.78 is 9.43. The number of rotatable bonds is 4. The molecule has 0 aliphatic carbocycles. The molecule has 2 aliphatic heterocycles. The summed E-state index contributed by atoms with van der Waals surface area (Å²) in [4.78, 5) is 0. The van der Waals surface area contributed by atoms with Gasteiger partial charge in [0, 0.05) is 27.8 Å². The minimum Gasteiger partial charge on any atom is -0.458 e. The highest BCUT2D eigenvalue weighted by Gasteiger charge is 2.41. The fraction of sp³-hybridized carbons (Fsp3) is 0.0222. The van der Waals surface area contributed by atoms with E-state index in [2.05, 4.69) is 175 Å². The smallest absolute Gasteiger partial charge is 0.256 e. The number of aromatic nitrogens is 1. The zero-order valence-corrected chi connectivity index (χ0v) is 26.5. The van der Waals surface area contributed by atoms with Crippen molar-refractivity contribution in [1.82, 2.24) is 4.57 Å². The van der Waals surface area contributed by atoms with Crippen molar-refractivity contribution in [2.75, 3.05) is 0 Å². The average Bonchev–Trinajstić information content (AvgIpc) is 3.46. The van der Waals surface area contributed by atoms with E-state index < -0.39 is 0 Å². The van der Waals surface area contributed by atoms with E-state index in [0.717, 1.165) is 17.1 Å². The molecule has 0 saturated carbocycles. The van der Waals surface area contributed by atoms with Crippen molar-refractivity contribution in [2.45, 2.75) is 6.92 Å². The fourth-order valence-electron chi connectivity index (χ4n) is 8.10. The van der Waals surface area contributed by atoms with Crippen LogP contribution in [0.2, 0.25) is 0 Å². The molecule has 3 heteroatoms. The molecule has 0 bridgehead atoms. The molecule has 0 spiro atoms. The van der Waals surface area contributed by atoms with Crippen molar-refractivity contribution in [3.63, 3.8) is 0 Å². The first-order valence-corrected chi connectivity index (χ1v) is 16.6. The number of ether oxygens (including phenoxy) is 1. The summed E-state index contributed by atoms with van der Waals surface area (Å²) in [5.41, 5.74) is 17.1. The molecule has 8 aromatic rings. The summed E-state index contributed by atoms with van der Waals surface area (Å²) in [5.74, 6) is 1.84. The van der Waals surface area contributed by atoms with Crippen molar-refractivity contribution >= 4 is 34.0 Å². The third-order valence-electron chi connectivity index (χ3n) is 10.2. The molecule has 10 rings (SSSR count). The Morgan fingerprint density at radius 2 is 1.00 bits per heavy atom. The first-order valence-electron chi connectivity index (χ1n) is 16.6. The summed E-state index contributed by atoms with van der Waals surface area (Å²) in [5, 5.41) is 1.28.